The highest BCUT2D eigenvalue weighted by atomic mass is 16.2. The van der Waals surface area contributed by atoms with Gasteiger partial charge in [0.05, 0.1) is 0 Å². The molecule has 0 unspecified atom stereocenters. The summed E-state index contributed by atoms with van der Waals surface area (Å²) < 4.78 is 0. The number of piperidine rings is 1. The van der Waals surface area contributed by atoms with E-state index in [2.05, 4.69) is 6.58 Å². The third-order valence-corrected chi connectivity index (χ3v) is 1.58. The van der Waals surface area contributed by atoms with Crippen molar-refractivity contribution in [2.45, 2.75) is 19.3 Å². The number of carbonyl (C=O) groups excluding carboxylic acids is 1. The van der Waals surface area contributed by atoms with Crippen LogP contribution in [-0.4, -0.2) is 17.4 Å². The standard InChI is InChI=1S/C7H11NO.H3N/c1-2-8-6-4-3-5-7(8)9;/h2H,1,3-6H2;1H3. The Kier molecular flexibility index (Phi) is 3.72. The number of nitrogens with zero attached hydrogens (tertiary/aromatic N) is 1. The highest BCUT2D eigenvalue weighted by Crippen LogP contribution is 2.09. The van der Waals surface area contributed by atoms with Crippen LogP contribution in [-0.2, 0) is 4.79 Å². The first-order chi connectivity index (χ1) is 4.34. The average Bonchev–Trinajstić information content (AvgIpc) is 1.89. The summed E-state index contributed by atoms with van der Waals surface area (Å²) in [6, 6.07) is 0. The molecular weight excluding hydrogens is 128 g/mol. The summed E-state index contributed by atoms with van der Waals surface area (Å²) in [7, 11) is 0. The highest BCUT2D eigenvalue weighted by Gasteiger charge is 2.13. The smallest absolute Gasteiger partial charge is 0.226 e. The van der Waals surface area contributed by atoms with Crippen LogP contribution in [0.5, 0.6) is 0 Å². The van der Waals surface area contributed by atoms with Crippen LogP contribution in [0.25, 0.3) is 0 Å². The van der Waals surface area contributed by atoms with E-state index in [1.807, 2.05) is 0 Å². The zero-order valence-electron chi connectivity index (χ0n) is 6.18. The lowest BCUT2D eigenvalue weighted by molar-refractivity contribution is -0.130. The topological polar surface area (TPSA) is 55.3 Å². The number of amides is 1. The first-order valence-corrected chi connectivity index (χ1v) is 3.26. The van der Waals surface area contributed by atoms with Crippen molar-refractivity contribution >= 4 is 5.91 Å². The summed E-state index contributed by atoms with van der Waals surface area (Å²) in [5.41, 5.74) is 0. The number of hydrogen-bond acceptors (Lipinski definition) is 2. The number of carbonyl (C=O) groups is 1. The maximum absolute atomic E-state index is 10.9. The molecule has 0 radical (unpaired) electrons. The maximum Gasteiger partial charge on any atom is 0.226 e. The van der Waals surface area contributed by atoms with Gasteiger partial charge < -0.3 is 11.1 Å². The van der Waals surface area contributed by atoms with Crippen LogP contribution in [0.2, 0.25) is 0 Å². The van der Waals surface area contributed by atoms with E-state index < -0.39 is 0 Å². The van der Waals surface area contributed by atoms with Gasteiger partial charge in [0.2, 0.25) is 5.91 Å². The molecule has 0 aromatic rings. The van der Waals surface area contributed by atoms with Crippen LogP contribution >= 0.6 is 0 Å². The molecule has 3 nitrogen and oxygen atoms in total. The third-order valence-electron chi connectivity index (χ3n) is 1.58. The third kappa shape index (κ3) is 1.84. The van der Waals surface area contributed by atoms with Crippen molar-refractivity contribution in [2.24, 2.45) is 0 Å². The van der Waals surface area contributed by atoms with E-state index >= 15 is 0 Å². The molecule has 0 aromatic carbocycles. The quantitative estimate of drug-likeness (QED) is 0.600. The Morgan fingerprint density at radius 2 is 2.20 bits per heavy atom. The fourth-order valence-electron chi connectivity index (χ4n) is 1.02. The monoisotopic (exact) mass is 142 g/mol. The van der Waals surface area contributed by atoms with Crippen molar-refractivity contribution in [3.05, 3.63) is 12.8 Å². The summed E-state index contributed by atoms with van der Waals surface area (Å²) in [5.74, 6) is 0.219. The van der Waals surface area contributed by atoms with E-state index in [4.69, 9.17) is 0 Å². The number of likely N-dealkylation sites (tertiary alicyclic amines) is 1. The normalized spacial score (nSPS) is 18.0. The molecule has 0 bridgehead atoms. The van der Waals surface area contributed by atoms with Gasteiger partial charge in [-0.25, -0.2) is 0 Å². The molecule has 1 aliphatic heterocycles. The van der Waals surface area contributed by atoms with Gasteiger partial charge in [0, 0.05) is 13.0 Å². The van der Waals surface area contributed by atoms with Gasteiger partial charge in [-0.05, 0) is 19.0 Å². The SMILES string of the molecule is C=CN1CCCCC1=O.N. The molecule has 0 aromatic heterocycles. The average molecular weight is 142 g/mol. The summed E-state index contributed by atoms with van der Waals surface area (Å²) in [6.45, 7) is 4.40. The molecule has 58 valence electrons. The largest absolute Gasteiger partial charge is 0.344 e. The van der Waals surface area contributed by atoms with E-state index in [0.29, 0.717) is 6.42 Å². The van der Waals surface area contributed by atoms with Gasteiger partial charge in [0.1, 0.15) is 0 Å². The highest BCUT2D eigenvalue weighted by molar-refractivity contribution is 5.77. The number of hydrogen-bond donors (Lipinski definition) is 1. The summed E-state index contributed by atoms with van der Waals surface area (Å²) in [5, 5.41) is 0. The second-order valence-electron chi connectivity index (χ2n) is 2.23. The van der Waals surface area contributed by atoms with Crippen molar-refractivity contribution in [3.63, 3.8) is 0 Å². The molecule has 1 amide bonds. The lowest BCUT2D eigenvalue weighted by atomic mass is 10.1. The Labute approximate surface area is 61.3 Å². The molecule has 1 aliphatic rings. The molecule has 1 rings (SSSR count). The van der Waals surface area contributed by atoms with Crippen LogP contribution in [0.4, 0.5) is 0 Å². The molecule has 3 heteroatoms. The Morgan fingerprint density at radius 1 is 1.50 bits per heavy atom. The van der Waals surface area contributed by atoms with Crippen LogP contribution in [0.1, 0.15) is 19.3 Å². The second kappa shape index (κ2) is 4.06. The molecule has 1 heterocycles. The van der Waals surface area contributed by atoms with Crippen LogP contribution < -0.4 is 6.15 Å². The van der Waals surface area contributed by atoms with Gasteiger partial charge in [-0.15, -0.1) is 0 Å². The lowest BCUT2D eigenvalue weighted by Gasteiger charge is -2.21. The van der Waals surface area contributed by atoms with Crippen molar-refractivity contribution in [1.29, 1.82) is 0 Å². The molecule has 0 aliphatic carbocycles. The van der Waals surface area contributed by atoms with Gasteiger partial charge in [0.15, 0.2) is 0 Å². The van der Waals surface area contributed by atoms with E-state index in [-0.39, 0.29) is 12.1 Å². The van der Waals surface area contributed by atoms with E-state index in [9.17, 15) is 4.79 Å². The minimum Gasteiger partial charge on any atom is -0.344 e. The first-order valence-electron chi connectivity index (χ1n) is 3.26. The van der Waals surface area contributed by atoms with Crippen molar-refractivity contribution in [2.75, 3.05) is 6.54 Å². The Hall–Kier alpha value is -0.830. The van der Waals surface area contributed by atoms with Crippen molar-refractivity contribution in [3.8, 4) is 0 Å². The van der Waals surface area contributed by atoms with Crippen molar-refractivity contribution in [1.82, 2.24) is 11.1 Å². The van der Waals surface area contributed by atoms with Gasteiger partial charge in [-0.1, -0.05) is 6.58 Å². The molecular formula is C7H14N2O. The zero-order valence-corrected chi connectivity index (χ0v) is 6.18. The predicted octanol–water partition coefficient (Wildman–Crippen LogP) is 1.30. The maximum atomic E-state index is 10.9. The van der Waals surface area contributed by atoms with Gasteiger partial charge in [-0.3, -0.25) is 4.79 Å². The van der Waals surface area contributed by atoms with Crippen molar-refractivity contribution < 1.29 is 4.79 Å². The summed E-state index contributed by atoms with van der Waals surface area (Å²) in [6.07, 6.45) is 4.48. The van der Waals surface area contributed by atoms with Gasteiger partial charge in [-0.2, -0.15) is 0 Å². The van der Waals surface area contributed by atoms with E-state index in [1.54, 1.807) is 11.1 Å². The minimum absolute atomic E-state index is 0. The summed E-state index contributed by atoms with van der Waals surface area (Å²) >= 11 is 0. The van der Waals surface area contributed by atoms with Crippen LogP contribution in [0, 0.1) is 0 Å². The van der Waals surface area contributed by atoms with E-state index in [0.717, 1.165) is 19.4 Å². The fourth-order valence-corrected chi connectivity index (χ4v) is 1.02. The lowest BCUT2D eigenvalue weighted by Crippen LogP contribution is -2.29. The van der Waals surface area contributed by atoms with Gasteiger partial charge in [0.25, 0.3) is 0 Å². The van der Waals surface area contributed by atoms with Crippen LogP contribution in [0.3, 0.4) is 0 Å². The minimum atomic E-state index is 0. The summed E-state index contributed by atoms with van der Waals surface area (Å²) in [4.78, 5) is 12.6. The molecule has 1 saturated heterocycles. The van der Waals surface area contributed by atoms with Crippen LogP contribution in [0.15, 0.2) is 12.8 Å². The molecule has 0 atom stereocenters. The zero-order chi connectivity index (χ0) is 6.69. The Balaban J connectivity index is 0.000000810. The fraction of sp³-hybridized carbons (Fsp3) is 0.571. The Morgan fingerprint density at radius 3 is 2.60 bits per heavy atom. The Bertz CT molecular complexity index is 134. The van der Waals surface area contributed by atoms with Gasteiger partial charge >= 0.3 is 0 Å². The second-order valence-corrected chi connectivity index (χ2v) is 2.23. The first kappa shape index (κ1) is 9.17. The molecule has 1 fully saturated rings. The molecule has 0 saturated carbocycles. The number of rotatable bonds is 1. The van der Waals surface area contributed by atoms with E-state index in [1.165, 1.54) is 0 Å². The molecule has 3 N–H and O–H groups in total. The molecule has 10 heavy (non-hydrogen) atoms. The predicted molar refractivity (Wildman–Crippen MR) is 40.8 cm³/mol. The molecule has 0 spiro atoms.